The average molecular weight is 503 g/mol. The number of aliphatic carboxylic acids is 1. The topological polar surface area (TPSA) is 192 Å². The number of nitrogens with two attached hydrogens (primary N) is 2. The molecule has 0 aliphatic heterocycles. The lowest BCUT2D eigenvalue weighted by molar-refractivity contribution is -0.143. The molecule has 0 aliphatic rings. The molecule has 11 heteroatoms. The van der Waals surface area contributed by atoms with Crippen LogP contribution in [0.4, 0.5) is 0 Å². The second-order valence-corrected chi connectivity index (χ2v) is 9.00. The summed E-state index contributed by atoms with van der Waals surface area (Å²) < 4.78 is 0. The summed E-state index contributed by atoms with van der Waals surface area (Å²) in [4.78, 5) is 52.9. The van der Waals surface area contributed by atoms with Crippen molar-refractivity contribution in [3.63, 3.8) is 0 Å². The smallest absolute Gasteiger partial charge is 0.326 e. The van der Waals surface area contributed by atoms with Crippen LogP contribution in [-0.2, 0) is 25.6 Å². The minimum absolute atomic E-state index is 0.126. The lowest BCUT2D eigenvalue weighted by atomic mass is 9.98. The van der Waals surface area contributed by atoms with E-state index in [9.17, 15) is 24.3 Å². The van der Waals surface area contributed by atoms with Gasteiger partial charge in [0.2, 0.25) is 17.7 Å². The molecule has 0 saturated heterocycles. The van der Waals surface area contributed by atoms with E-state index in [1.807, 2.05) is 31.2 Å². The molecule has 0 saturated carbocycles. The summed E-state index contributed by atoms with van der Waals surface area (Å²) in [7, 11) is 0. The first-order valence-corrected chi connectivity index (χ1v) is 12.3. The second kappa shape index (κ2) is 14.2. The van der Waals surface area contributed by atoms with Crippen LogP contribution in [0.15, 0.2) is 30.5 Å². The van der Waals surface area contributed by atoms with Gasteiger partial charge in [-0.15, -0.1) is 0 Å². The third kappa shape index (κ3) is 8.35. The molecule has 0 spiro atoms. The number of carboxylic acid groups (broad SMARTS) is 1. The van der Waals surface area contributed by atoms with Crippen LogP contribution in [-0.4, -0.2) is 65.0 Å². The maximum atomic E-state index is 13.2. The van der Waals surface area contributed by atoms with Crippen LogP contribution in [0.1, 0.15) is 45.1 Å². The molecule has 0 bridgehead atoms. The Labute approximate surface area is 210 Å². The number of carboxylic acids is 1. The van der Waals surface area contributed by atoms with Gasteiger partial charge in [0.05, 0.1) is 12.6 Å². The molecule has 1 aromatic carbocycles. The predicted molar refractivity (Wildman–Crippen MR) is 137 cm³/mol. The average Bonchev–Trinajstić information content (AvgIpc) is 3.27. The number of para-hydroxylation sites is 1. The maximum Gasteiger partial charge on any atom is 0.326 e. The molecular weight excluding hydrogens is 464 g/mol. The van der Waals surface area contributed by atoms with Crippen molar-refractivity contribution in [1.29, 1.82) is 0 Å². The number of benzene rings is 1. The zero-order valence-corrected chi connectivity index (χ0v) is 20.9. The summed E-state index contributed by atoms with van der Waals surface area (Å²) in [6.45, 7) is 3.71. The summed E-state index contributed by atoms with van der Waals surface area (Å²) >= 11 is 0. The molecule has 2 aromatic rings. The lowest BCUT2D eigenvalue weighted by Crippen LogP contribution is -2.55. The van der Waals surface area contributed by atoms with Crippen LogP contribution in [0.5, 0.6) is 0 Å². The van der Waals surface area contributed by atoms with Crippen LogP contribution < -0.4 is 27.4 Å². The van der Waals surface area contributed by atoms with Crippen molar-refractivity contribution in [3.05, 3.63) is 36.0 Å². The highest BCUT2D eigenvalue weighted by atomic mass is 16.4. The van der Waals surface area contributed by atoms with Crippen LogP contribution in [0.3, 0.4) is 0 Å². The quantitative estimate of drug-likeness (QED) is 0.171. The molecule has 9 N–H and O–H groups in total. The molecule has 11 nitrogen and oxygen atoms in total. The van der Waals surface area contributed by atoms with E-state index in [4.69, 9.17) is 11.5 Å². The van der Waals surface area contributed by atoms with Gasteiger partial charge in [-0.3, -0.25) is 14.4 Å². The fraction of sp³-hybridized carbons (Fsp3) is 0.520. The molecule has 3 amide bonds. The van der Waals surface area contributed by atoms with E-state index in [1.165, 1.54) is 0 Å². The van der Waals surface area contributed by atoms with Crippen molar-refractivity contribution in [3.8, 4) is 0 Å². The zero-order valence-electron chi connectivity index (χ0n) is 20.9. The van der Waals surface area contributed by atoms with Crippen molar-refractivity contribution in [2.75, 3.05) is 13.1 Å². The van der Waals surface area contributed by atoms with Crippen LogP contribution in [0.2, 0.25) is 0 Å². The van der Waals surface area contributed by atoms with Crippen molar-refractivity contribution in [1.82, 2.24) is 20.9 Å². The van der Waals surface area contributed by atoms with E-state index < -0.39 is 41.8 Å². The first-order chi connectivity index (χ1) is 17.2. The number of hydrogen-bond donors (Lipinski definition) is 7. The summed E-state index contributed by atoms with van der Waals surface area (Å²) in [6, 6.07) is 4.60. The minimum atomic E-state index is -1.15. The van der Waals surface area contributed by atoms with Gasteiger partial charge in [-0.05, 0) is 36.9 Å². The van der Waals surface area contributed by atoms with Crippen molar-refractivity contribution in [2.24, 2.45) is 17.4 Å². The number of aromatic amines is 1. The van der Waals surface area contributed by atoms with E-state index in [2.05, 4.69) is 20.9 Å². The second-order valence-electron chi connectivity index (χ2n) is 9.00. The first-order valence-electron chi connectivity index (χ1n) is 12.3. The van der Waals surface area contributed by atoms with Crippen LogP contribution in [0, 0.1) is 5.92 Å². The molecule has 4 unspecified atom stereocenters. The molecule has 0 fully saturated rings. The Kier molecular flexibility index (Phi) is 11.4. The third-order valence-corrected chi connectivity index (χ3v) is 6.26. The molecule has 36 heavy (non-hydrogen) atoms. The number of hydrogen-bond acceptors (Lipinski definition) is 6. The highest BCUT2D eigenvalue weighted by Gasteiger charge is 2.30. The summed E-state index contributed by atoms with van der Waals surface area (Å²) in [5, 5.41) is 18.2. The number of carbonyl (C=O) groups excluding carboxylic acids is 3. The lowest BCUT2D eigenvalue weighted by Gasteiger charge is -2.24. The van der Waals surface area contributed by atoms with Gasteiger partial charge in [0.25, 0.3) is 0 Å². The normalized spacial score (nSPS) is 14.4. The Bertz CT molecular complexity index is 1040. The van der Waals surface area contributed by atoms with Crippen molar-refractivity contribution >= 4 is 34.6 Å². The van der Waals surface area contributed by atoms with Gasteiger partial charge in [-0.2, -0.15) is 0 Å². The Balaban J connectivity index is 2.11. The molecular formula is C25H38N6O5. The van der Waals surface area contributed by atoms with E-state index in [0.717, 1.165) is 22.9 Å². The van der Waals surface area contributed by atoms with E-state index in [0.29, 0.717) is 25.8 Å². The number of carbonyl (C=O) groups is 4. The maximum absolute atomic E-state index is 13.2. The fourth-order valence-electron chi connectivity index (χ4n) is 3.85. The van der Waals surface area contributed by atoms with Gasteiger partial charge in [-0.1, -0.05) is 44.9 Å². The van der Waals surface area contributed by atoms with E-state index in [-0.39, 0.29) is 18.9 Å². The van der Waals surface area contributed by atoms with E-state index in [1.54, 1.807) is 13.1 Å². The molecule has 0 radical (unpaired) electrons. The van der Waals surface area contributed by atoms with E-state index >= 15 is 0 Å². The highest BCUT2D eigenvalue weighted by molar-refractivity contribution is 5.93. The van der Waals surface area contributed by atoms with Gasteiger partial charge >= 0.3 is 5.97 Å². The van der Waals surface area contributed by atoms with Gasteiger partial charge in [0, 0.05) is 23.5 Å². The Morgan fingerprint density at radius 3 is 2.47 bits per heavy atom. The van der Waals surface area contributed by atoms with Crippen LogP contribution >= 0.6 is 0 Å². The zero-order chi connectivity index (χ0) is 26.7. The molecule has 198 valence electrons. The number of H-pyrrole nitrogens is 1. The number of fused-ring (bicyclic) bond motifs is 1. The highest BCUT2D eigenvalue weighted by Crippen LogP contribution is 2.19. The number of unbranched alkanes of at least 4 members (excludes halogenated alkanes) is 1. The van der Waals surface area contributed by atoms with Crippen molar-refractivity contribution in [2.45, 2.75) is 64.1 Å². The molecule has 0 aliphatic carbocycles. The first kappa shape index (κ1) is 28.8. The molecule has 1 heterocycles. The van der Waals surface area contributed by atoms with Gasteiger partial charge in [0.15, 0.2) is 0 Å². The van der Waals surface area contributed by atoms with Gasteiger partial charge < -0.3 is 37.5 Å². The summed E-state index contributed by atoms with van der Waals surface area (Å²) in [5.41, 5.74) is 13.0. The van der Waals surface area contributed by atoms with Crippen LogP contribution in [0.25, 0.3) is 10.9 Å². The Hall–Kier alpha value is -3.44. The standard InChI is InChI=1S/C25H38N6O5/c1-3-15(2)22(25(35)36)31-24(34)20(12-16-13-28-19-10-5-4-8-17(16)19)30-21(32)14-29-23(33)18(27)9-6-7-11-26/h4-5,8,10,13,15,18,20,22,28H,3,6-7,9,11-12,14,26-27H2,1-2H3,(H,29,33)(H,30,32)(H,31,34)(H,35,36). The largest absolute Gasteiger partial charge is 0.480 e. The monoisotopic (exact) mass is 502 g/mol. The molecule has 1 aromatic heterocycles. The van der Waals surface area contributed by atoms with Gasteiger partial charge in [0.1, 0.15) is 12.1 Å². The SMILES string of the molecule is CCC(C)C(NC(=O)C(Cc1c[nH]c2ccccc12)NC(=O)CNC(=O)C(N)CCCCN)C(=O)O. The molecule has 2 rings (SSSR count). The number of nitrogens with one attached hydrogen (secondary N) is 4. The third-order valence-electron chi connectivity index (χ3n) is 6.26. The Morgan fingerprint density at radius 1 is 1.08 bits per heavy atom. The minimum Gasteiger partial charge on any atom is -0.480 e. The fourth-order valence-corrected chi connectivity index (χ4v) is 3.85. The Morgan fingerprint density at radius 2 is 1.81 bits per heavy atom. The van der Waals surface area contributed by atoms with Gasteiger partial charge in [-0.25, -0.2) is 4.79 Å². The predicted octanol–water partition coefficient (Wildman–Crippen LogP) is 0.383. The summed E-state index contributed by atoms with van der Waals surface area (Å²) in [5.74, 6) is -3.14. The number of rotatable bonds is 15. The number of aromatic nitrogens is 1. The van der Waals surface area contributed by atoms with Crippen molar-refractivity contribution < 1.29 is 24.3 Å². The number of amides is 3. The summed E-state index contributed by atoms with van der Waals surface area (Å²) in [6.07, 6.45) is 4.32. The molecule has 4 atom stereocenters.